The first-order valence-electron chi connectivity index (χ1n) is 12.1. The predicted molar refractivity (Wildman–Crippen MR) is 144 cm³/mol. The van der Waals surface area contributed by atoms with Gasteiger partial charge in [-0.05, 0) is 64.4 Å². The summed E-state index contributed by atoms with van der Waals surface area (Å²) < 4.78 is 5.97. The van der Waals surface area contributed by atoms with Gasteiger partial charge in [-0.1, -0.05) is 97.3 Å². The molecule has 2 nitrogen and oxygen atoms in total. The average Bonchev–Trinajstić information content (AvgIpc) is 3.09. The first-order valence-corrected chi connectivity index (χ1v) is 12.9. The number of esters is 1. The van der Waals surface area contributed by atoms with Gasteiger partial charge < -0.3 is 4.74 Å². The fourth-order valence-electron chi connectivity index (χ4n) is 5.44. The SMILES string of the molecule is Bc1ccc2c(c1)C(CCCC)(CCCC)c1cc(-c3ccc(Br)cc3C(=O)OC)ccc1-2. The Balaban J connectivity index is 1.95. The summed E-state index contributed by atoms with van der Waals surface area (Å²) in [4.78, 5) is 12.6. The van der Waals surface area contributed by atoms with Crippen molar-refractivity contribution in [2.45, 2.75) is 57.8 Å². The Hall–Kier alpha value is -2.33. The lowest BCUT2D eigenvalue weighted by Crippen LogP contribution is -2.26. The molecule has 0 saturated heterocycles. The van der Waals surface area contributed by atoms with E-state index in [0.717, 1.165) is 28.4 Å². The molecule has 0 bridgehead atoms. The molecule has 33 heavy (non-hydrogen) atoms. The van der Waals surface area contributed by atoms with Crippen molar-refractivity contribution in [3.8, 4) is 22.3 Å². The van der Waals surface area contributed by atoms with Gasteiger partial charge in [-0.25, -0.2) is 4.79 Å². The number of rotatable bonds is 8. The van der Waals surface area contributed by atoms with Gasteiger partial charge in [0.05, 0.1) is 12.7 Å². The van der Waals surface area contributed by atoms with Crippen LogP contribution in [0.5, 0.6) is 0 Å². The van der Waals surface area contributed by atoms with E-state index in [1.807, 2.05) is 18.2 Å². The van der Waals surface area contributed by atoms with E-state index >= 15 is 0 Å². The van der Waals surface area contributed by atoms with Crippen molar-refractivity contribution in [2.75, 3.05) is 7.11 Å². The number of methoxy groups -OCH3 is 1. The summed E-state index contributed by atoms with van der Waals surface area (Å²) in [6.07, 6.45) is 7.08. The van der Waals surface area contributed by atoms with Crippen LogP contribution in [0.25, 0.3) is 22.3 Å². The minimum atomic E-state index is -0.311. The third kappa shape index (κ3) is 4.30. The Kier molecular flexibility index (Phi) is 7.14. The first-order chi connectivity index (χ1) is 15.9. The van der Waals surface area contributed by atoms with Crippen LogP contribution in [0.1, 0.15) is 73.9 Å². The molecule has 170 valence electrons. The molecule has 3 aromatic rings. The molecule has 4 rings (SSSR count). The van der Waals surface area contributed by atoms with Crippen molar-refractivity contribution in [3.05, 3.63) is 75.8 Å². The Morgan fingerprint density at radius 3 is 2.12 bits per heavy atom. The summed E-state index contributed by atoms with van der Waals surface area (Å²) in [7, 11) is 3.64. The van der Waals surface area contributed by atoms with E-state index in [1.54, 1.807) is 0 Å². The highest BCUT2D eigenvalue weighted by Gasteiger charge is 2.42. The van der Waals surface area contributed by atoms with Gasteiger partial charge in [0.15, 0.2) is 0 Å². The van der Waals surface area contributed by atoms with Crippen LogP contribution >= 0.6 is 15.9 Å². The molecule has 1 aliphatic carbocycles. The molecule has 3 aromatic carbocycles. The van der Waals surface area contributed by atoms with Crippen molar-refractivity contribution in [2.24, 2.45) is 0 Å². The second-order valence-electron chi connectivity index (χ2n) is 9.28. The number of carbonyl (C=O) groups excluding carboxylic acids is 1. The highest BCUT2D eigenvalue weighted by atomic mass is 79.9. The summed E-state index contributed by atoms with van der Waals surface area (Å²) in [6.45, 7) is 4.56. The molecule has 0 radical (unpaired) electrons. The highest BCUT2D eigenvalue weighted by molar-refractivity contribution is 9.10. The molecule has 0 heterocycles. The Bertz CT molecular complexity index is 1180. The third-order valence-electron chi connectivity index (χ3n) is 7.13. The topological polar surface area (TPSA) is 26.3 Å². The maximum absolute atomic E-state index is 12.6. The van der Waals surface area contributed by atoms with E-state index in [4.69, 9.17) is 4.74 Å². The van der Waals surface area contributed by atoms with Crippen molar-refractivity contribution >= 4 is 35.2 Å². The van der Waals surface area contributed by atoms with E-state index in [-0.39, 0.29) is 11.4 Å². The fourth-order valence-corrected chi connectivity index (χ4v) is 5.81. The summed E-state index contributed by atoms with van der Waals surface area (Å²) >= 11 is 3.51. The van der Waals surface area contributed by atoms with Crippen LogP contribution in [0.3, 0.4) is 0 Å². The van der Waals surface area contributed by atoms with Gasteiger partial charge in [0.25, 0.3) is 0 Å². The Morgan fingerprint density at radius 2 is 1.48 bits per heavy atom. The average molecular weight is 503 g/mol. The predicted octanol–water partition coefficient (Wildman–Crippen LogP) is 6.81. The minimum Gasteiger partial charge on any atom is -0.465 e. The van der Waals surface area contributed by atoms with Gasteiger partial charge in [0.1, 0.15) is 7.85 Å². The van der Waals surface area contributed by atoms with E-state index in [0.29, 0.717) is 5.56 Å². The molecule has 0 fully saturated rings. The molecule has 4 heteroatoms. The van der Waals surface area contributed by atoms with Crippen LogP contribution in [-0.4, -0.2) is 20.9 Å². The molecule has 0 aromatic heterocycles. The monoisotopic (exact) mass is 502 g/mol. The number of benzene rings is 3. The van der Waals surface area contributed by atoms with E-state index < -0.39 is 0 Å². The lowest BCUT2D eigenvalue weighted by Gasteiger charge is -2.33. The van der Waals surface area contributed by atoms with Crippen LogP contribution in [0, 0.1) is 0 Å². The standard InChI is InChI=1S/C29H32BBrO2/c1-4-6-14-29(15-7-5-2)26-16-19(22-13-10-21(31)18-25(22)28(32)33-3)8-11-23(26)24-12-9-20(30)17-27(24)29/h8-13,16-18H,4-7,14-15,30H2,1-3H3. The number of ether oxygens (including phenoxy) is 1. The molecule has 0 N–H and O–H groups in total. The van der Waals surface area contributed by atoms with Crippen molar-refractivity contribution in [1.82, 2.24) is 0 Å². The Labute approximate surface area is 207 Å². The van der Waals surface area contributed by atoms with E-state index in [9.17, 15) is 4.79 Å². The summed E-state index contributed by atoms with van der Waals surface area (Å²) in [5.74, 6) is -0.311. The van der Waals surface area contributed by atoms with Gasteiger partial charge in [0.2, 0.25) is 0 Å². The second-order valence-corrected chi connectivity index (χ2v) is 10.2. The van der Waals surface area contributed by atoms with Gasteiger partial charge in [0, 0.05) is 9.89 Å². The van der Waals surface area contributed by atoms with Gasteiger partial charge >= 0.3 is 5.97 Å². The van der Waals surface area contributed by atoms with E-state index in [1.165, 1.54) is 60.5 Å². The number of carbonyl (C=O) groups is 1. The van der Waals surface area contributed by atoms with Crippen molar-refractivity contribution in [3.63, 3.8) is 0 Å². The van der Waals surface area contributed by atoms with Gasteiger partial charge in [-0.2, -0.15) is 0 Å². The van der Waals surface area contributed by atoms with Crippen molar-refractivity contribution in [1.29, 1.82) is 0 Å². The number of hydrogen-bond acceptors (Lipinski definition) is 2. The van der Waals surface area contributed by atoms with Gasteiger partial charge in [-0.3, -0.25) is 0 Å². The van der Waals surface area contributed by atoms with Crippen LogP contribution in [-0.2, 0) is 10.2 Å². The zero-order valence-electron chi connectivity index (χ0n) is 20.1. The smallest absolute Gasteiger partial charge is 0.338 e. The summed E-state index contributed by atoms with van der Waals surface area (Å²) in [5, 5.41) is 0. The lowest BCUT2D eigenvalue weighted by atomic mass is 9.69. The molecule has 0 atom stereocenters. The molecule has 0 amide bonds. The molecule has 0 unspecified atom stereocenters. The quantitative estimate of drug-likeness (QED) is 0.250. The fraction of sp³-hybridized carbons (Fsp3) is 0.345. The molecular formula is C29H32BBrO2. The molecular weight excluding hydrogens is 471 g/mol. The lowest BCUT2D eigenvalue weighted by molar-refractivity contribution is 0.0601. The maximum atomic E-state index is 12.6. The van der Waals surface area contributed by atoms with Crippen molar-refractivity contribution < 1.29 is 9.53 Å². The first kappa shape index (κ1) is 23.8. The van der Waals surface area contributed by atoms with E-state index in [2.05, 4.69) is 74.0 Å². The van der Waals surface area contributed by atoms with Crippen LogP contribution in [0.4, 0.5) is 0 Å². The highest BCUT2D eigenvalue weighted by Crippen LogP contribution is 2.54. The van der Waals surface area contributed by atoms with Crippen LogP contribution < -0.4 is 5.46 Å². The largest absolute Gasteiger partial charge is 0.465 e. The van der Waals surface area contributed by atoms with Gasteiger partial charge in [-0.15, -0.1) is 0 Å². The molecule has 0 aliphatic heterocycles. The zero-order valence-corrected chi connectivity index (χ0v) is 21.7. The summed E-state index contributed by atoms with van der Waals surface area (Å²) in [6, 6.07) is 19.6. The molecule has 0 spiro atoms. The van der Waals surface area contributed by atoms with Crippen LogP contribution in [0.15, 0.2) is 59.1 Å². The minimum absolute atomic E-state index is 0.0273. The number of unbranched alkanes of at least 4 members (excludes halogenated alkanes) is 2. The zero-order chi connectivity index (χ0) is 23.6. The van der Waals surface area contributed by atoms with Crippen LogP contribution in [0.2, 0.25) is 0 Å². The third-order valence-corrected chi connectivity index (χ3v) is 7.62. The normalized spacial score (nSPS) is 13.5. The Morgan fingerprint density at radius 1 is 0.879 bits per heavy atom. The molecule has 1 aliphatic rings. The number of halogens is 1. The molecule has 0 saturated carbocycles. The second kappa shape index (κ2) is 9.89. The summed E-state index contributed by atoms with van der Waals surface area (Å²) in [5.41, 5.74) is 9.55. The number of hydrogen-bond donors (Lipinski definition) is 0. The number of fused-ring (bicyclic) bond motifs is 3. The maximum Gasteiger partial charge on any atom is 0.338 e.